The molecule has 0 aliphatic carbocycles. The molecule has 0 bridgehead atoms. The molecule has 7 nitrogen and oxygen atoms in total. The van der Waals surface area contributed by atoms with Crippen LogP contribution in [-0.4, -0.2) is 71.1 Å². The zero-order valence-corrected chi connectivity index (χ0v) is 13.6. The smallest absolute Gasteiger partial charge is 0.263 e. The quantitative estimate of drug-likeness (QED) is 0.872. The number of H-pyrrole nitrogens is 1. The van der Waals surface area contributed by atoms with Gasteiger partial charge < -0.3 is 19.5 Å². The fraction of sp³-hybridized carbons (Fsp3) is 0.688. The molecule has 2 aliphatic heterocycles. The van der Waals surface area contributed by atoms with E-state index < -0.39 is 0 Å². The van der Waals surface area contributed by atoms with Crippen LogP contribution in [0, 0.1) is 6.92 Å². The van der Waals surface area contributed by atoms with Crippen molar-refractivity contribution >= 4 is 5.91 Å². The van der Waals surface area contributed by atoms with Gasteiger partial charge in [0.2, 0.25) is 0 Å². The number of likely N-dealkylation sites (tertiary alicyclic amines) is 1. The van der Waals surface area contributed by atoms with Gasteiger partial charge in [-0.05, 0) is 39.3 Å². The number of rotatable bonds is 3. The Morgan fingerprint density at radius 3 is 2.87 bits per heavy atom. The molecule has 1 N–H and O–H groups in total. The van der Waals surface area contributed by atoms with E-state index in [1.54, 1.807) is 11.8 Å². The summed E-state index contributed by atoms with van der Waals surface area (Å²) in [5.41, 5.74) is -0.263. The van der Waals surface area contributed by atoms with Crippen LogP contribution in [0.1, 0.15) is 35.4 Å². The molecule has 7 heteroatoms. The van der Waals surface area contributed by atoms with Crippen LogP contribution in [-0.2, 0) is 4.74 Å². The van der Waals surface area contributed by atoms with Gasteiger partial charge in [0.15, 0.2) is 0 Å². The van der Waals surface area contributed by atoms with E-state index in [2.05, 4.69) is 14.9 Å². The van der Waals surface area contributed by atoms with Crippen molar-refractivity contribution in [2.75, 3.05) is 39.3 Å². The number of aromatic amines is 1. The molecule has 1 unspecified atom stereocenters. The van der Waals surface area contributed by atoms with Gasteiger partial charge in [0.05, 0.1) is 6.10 Å². The Balaban J connectivity index is 1.69. The Morgan fingerprint density at radius 2 is 2.13 bits per heavy atom. The number of carbonyl (C=O) groups is 1. The summed E-state index contributed by atoms with van der Waals surface area (Å²) < 4.78 is 5.89. The van der Waals surface area contributed by atoms with Gasteiger partial charge in [-0.25, -0.2) is 4.98 Å². The molecule has 0 spiro atoms. The predicted molar refractivity (Wildman–Crippen MR) is 85.5 cm³/mol. The van der Waals surface area contributed by atoms with Crippen LogP contribution in [0.15, 0.2) is 11.0 Å². The van der Waals surface area contributed by atoms with Crippen LogP contribution >= 0.6 is 0 Å². The summed E-state index contributed by atoms with van der Waals surface area (Å²) in [5, 5.41) is 0. The zero-order valence-electron chi connectivity index (χ0n) is 13.6. The highest BCUT2D eigenvalue weighted by atomic mass is 16.5. The van der Waals surface area contributed by atoms with E-state index in [0.717, 1.165) is 26.1 Å². The molecule has 1 amide bonds. The number of aryl methyl sites for hydroxylation is 1. The number of ether oxygens (including phenoxy) is 1. The maximum Gasteiger partial charge on any atom is 0.263 e. The van der Waals surface area contributed by atoms with E-state index in [9.17, 15) is 9.59 Å². The standard InChI is InChI=1S/C16H24N4O3/c1-12-17-9-14(15(21)18-12)16(22)20-7-4-8-23-13(11-20)10-19-5-2-3-6-19/h9,13H,2-8,10-11H2,1H3,(H,17,18,21). The number of hydrogen-bond acceptors (Lipinski definition) is 5. The van der Waals surface area contributed by atoms with Crippen molar-refractivity contribution in [1.82, 2.24) is 19.8 Å². The molecular weight excluding hydrogens is 296 g/mol. The van der Waals surface area contributed by atoms with Crippen molar-refractivity contribution in [3.05, 3.63) is 27.9 Å². The number of aromatic nitrogens is 2. The molecular formula is C16H24N4O3. The highest BCUT2D eigenvalue weighted by Crippen LogP contribution is 2.13. The van der Waals surface area contributed by atoms with Crippen molar-refractivity contribution in [1.29, 1.82) is 0 Å². The van der Waals surface area contributed by atoms with Crippen LogP contribution in [0.4, 0.5) is 0 Å². The fourth-order valence-electron chi connectivity index (χ4n) is 3.25. The lowest BCUT2D eigenvalue weighted by molar-refractivity contribution is 0.0297. The van der Waals surface area contributed by atoms with Gasteiger partial charge in [0.25, 0.3) is 11.5 Å². The second-order valence-electron chi connectivity index (χ2n) is 6.32. The van der Waals surface area contributed by atoms with E-state index in [-0.39, 0.29) is 23.1 Å². The third-order valence-electron chi connectivity index (χ3n) is 4.45. The van der Waals surface area contributed by atoms with Gasteiger partial charge in [-0.3, -0.25) is 9.59 Å². The minimum Gasteiger partial charge on any atom is -0.375 e. The van der Waals surface area contributed by atoms with Gasteiger partial charge in [-0.1, -0.05) is 0 Å². The lowest BCUT2D eigenvalue weighted by atomic mass is 10.2. The molecule has 0 radical (unpaired) electrons. The van der Waals surface area contributed by atoms with E-state index in [1.807, 2.05) is 0 Å². The summed E-state index contributed by atoms with van der Waals surface area (Å²) in [5.74, 6) is 0.258. The topological polar surface area (TPSA) is 78.5 Å². The number of nitrogens with one attached hydrogen (secondary N) is 1. The summed E-state index contributed by atoms with van der Waals surface area (Å²) in [6.07, 6.45) is 4.65. The zero-order chi connectivity index (χ0) is 16.2. The van der Waals surface area contributed by atoms with E-state index >= 15 is 0 Å². The normalized spacial score (nSPS) is 23.0. The van der Waals surface area contributed by atoms with Crippen molar-refractivity contribution in [3.63, 3.8) is 0 Å². The Labute approximate surface area is 135 Å². The molecule has 2 saturated heterocycles. The number of nitrogens with zero attached hydrogens (tertiary/aromatic N) is 3. The van der Waals surface area contributed by atoms with Crippen LogP contribution in [0.2, 0.25) is 0 Å². The number of hydrogen-bond donors (Lipinski definition) is 1. The summed E-state index contributed by atoms with van der Waals surface area (Å²) in [6.45, 7) is 6.56. The molecule has 0 saturated carbocycles. The molecule has 1 aromatic heterocycles. The first-order valence-corrected chi connectivity index (χ1v) is 8.32. The van der Waals surface area contributed by atoms with Gasteiger partial charge in [-0.15, -0.1) is 0 Å². The number of amides is 1. The SMILES string of the molecule is Cc1ncc(C(=O)N2CCCOC(CN3CCCC3)C2)c(=O)[nH]1. The Hall–Kier alpha value is -1.73. The average molecular weight is 320 g/mol. The molecule has 1 atom stereocenters. The lowest BCUT2D eigenvalue weighted by Gasteiger charge is -2.26. The Kier molecular flexibility index (Phi) is 5.07. The lowest BCUT2D eigenvalue weighted by Crippen LogP contribution is -2.43. The maximum atomic E-state index is 12.7. The van der Waals surface area contributed by atoms with Gasteiger partial charge >= 0.3 is 0 Å². The van der Waals surface area contributed by atoms with Crippen molar-refractivity contribution < 1.29 is 9.53 Å². The molecule has 2 fully saturated rings. The largest absolute Gasteiger partial charge is 0.375 e. The molecule has 1 aromatic rings. The highest BCUT2D eigenvalue weighted by molar-refractivity contribution is 5.93. The number of carbonyl (C=O) groups excluding carboxylic acids is 1. The Bertz CT molecular complexity index is 610. The van der Waals surface area contributed by atoms with Crippen molar-refractivity contribution in [2.45, 2.75) is 32.3 Å². The molecule has 2 aliphatic rings. The predicted octanol–water partition coefficient (Wildman–Crippen LogP) is 0.405. The molecule has 0 aromatic carbocycles. The minimum atomic E-state index is -0.372. The monoisotopic (exact) mass is 320 g/mol. The van der Waals surface area contributed by atoms with Crippen LogP contribution < -0.4 is 5.56 Å². The van der Waals surface area contributed by atoms with Gasteiger partial charge in [0.1, 0.15) is 11.4 Å². The molecule has 3 rings (SSSR count). The van der Waals surface area contributed by atoms with E-state index in [1.165, 1.54) is 19.0 Å². The van der Waals surface area contributed by atoms with Crippen molar-refractivity contribution in [2.24, 2.45) is 0 Å². The van der Waals surface area contributed by atoms with Crippen LogP contribution in [0.3, 0.4) is 0 Å². The van der Waals surface area contributed by atoms with E-state index in [0.29, 0.717) is 25.5 Å². The van der Waals surface area contributed by atoms with E-state index in [4.69, 9.17) is 4.74 Å². The molecule has 126 valence electrons. The first-order chi connectivity index (χ1) is 11.1. The average Bonchev–Trinajstić information content (AvgIpc) is 2.91. The minimum absolute atomic E-state index is 0.0111. The first kappa shape index (κ1) is 16.1. The van der Waals surface area contributed by atoms with Crippen LogP contribution in [0.5, 0.6) is 0 Å². The van der Waals surface area contributed by atoms with Gasteiger partial charge in [0, 0.05) is 32.4 Å². The fourth-order valence-corrected chi connectivity index (χ4v) is 3.25. The van der Waals surface area contributed by atoms with Crippen LogP contribution in [0.25, 0.3) is 0 Å². The summed E-state index contributed by atoms with van der Waals surface area (Å²) >= 11 is 0. The molecule has 3 heterocycles. The second-order valence-corrected chi connectivity index (χ2v) is 6.32. The molecule has 23 heavy (non-hydrogen) atoms. The maximum absolute atomic E-state index is 12.7. The summed E-state index contributed by atoms with van der Waals surface area (Å²) in [7, 11) is 0. The van der Waals surface area contributed by atoms with Gasteiger partial charge in [-0.2, -0.15) is 0 Å². The highest BCUT2D eigenvalue weighted by Gasteiger charge is 2.27. The Morgan fingerprint density at radius 1 is 1.35 bits per heavy atom. The third-order valence-corrected chi connectivity index (χ3v) is 4.45. The first-order valence-electron chi connectivity index (χ1n) is 8.32. The second kappa shape index (κ2) is 7.23. The van der Waals surface area contributed by atoms with Crippen molar-refractivity contribution in [3.8, 4) is 0 Å². The summed E-state index contributed by atoms with van der Waals surface area (Å²) in [4.78, 5) is 35.4. The summed E-state index contributed by atoms with van der Waals surface area (Å²) in [6, 6.07) is 0. The third kappa shape index (κ3) is 3.97.